The Morgan fingerprint density at radius 1 is 1.17 bits per heavy atom. The quantitative estimate of drug-likeness (QED) is 0.658. The lowest BCUT2D eigenvalue weighted by atomic mass is 9.95. The van der Waals surface area contributed by atoms with E-state index < -0.39 is 0 Å². The third-order valence-electron chi connectivity index (χ3n) is 6.49. The first-order valence-electron chi connectivity index (χ1n) is 10.9. The van der Waals surface area contributed by atoms with Gasteiger partial charge in [-0.3, -0.25) is 9.48 Å². The second-order valence-corrected chi connectivity index (χ2v) is 9.28. The molecular weight excluding hydrogens is 392 g/mol. The highest BCUT2D eigenvalue weighted by Gasteiger charge is 2.33. The zero-order valence-electron chi connectivity index (χ0n) is 17.4. The summed E-state index contributed by atoms with van der Waals surface area (Å²) in [7, 11) is 0. The molecule has 1 amide bonds. The largest absolute Gasteiger partial charge is 0.331 e. The highest BCUT2D eigenvalue weighted by Crippen LogP contribution is 2.39. The van der Waals surface area contributed by atoms with E-state index in [1.54, 1.807) is 11.3 Å². The van der Waals surface area contributed by atoms with Crippen molar-refractivity contribution < 1.29 is 4.79 Å². The van der Waals surface area contributed by atoms with Gasteiger partial charge in [0.15, 0.2) is 0 Å². The number of amides is 1. The number of aromatic nitrogens is 2. The molecule has 6 heteroatoms. The van der Waals surface area contributed by atoms with E-state index in [-0.39, 0.29) is 11.9 Å². The summed E-state index contributed by atoms with van der Waals surface area (Å²) in [5, 5.41) is 10.1. The van der Waals surface area contributed by atoms with Gasteiger partial charge in [-0.05, 0) is 73.8 Å². The van der Waals surface area contributed by atoms with E-state index in [0.717, 1.165) is 61.3 Å². The van der Waals surface area contributed by atoms with Crippen molar-refractivity contribution in [2.45, 2.75) is 44.7 Å². The number of hydrogen-bond acceptors (Lipinski definition) is 4. The van der Waals surface area contributed by atoms with Gasteiger partial charge >= 0.3 is 0 Å². The number of likely N-dealkylation sites (tertiary alicyclic amines) is 1. The molecule has 0 saturated carbocycles. The molecule has 2 saturated heterocycles. The zero-order chi connectivity index (χ0) is 20.5. The summed E-state index contributed by atoms with van der Waals surface area (Å²) >= 11 is 1.55. The molecule has 1 aromatic carbocycles. The Bertz CT molecular complexity index is 1030. The molecule has 30 heavy (non-hydrogen) atoms. The third kappa shape index (κ3) is 3.59. The first-order chi connectivity index (χ1) is 14.7. The Morgan fingerprint density at radius 3 is 2.80 bits per heavy atom. The van der Waals surface area contributed by atoms with E-state index in [4.69, 9.17) is 5.10 Å². The standard InChI is InChI=1S/C24H28N4OS/c1-17-10-14-30-23(17)24(29)27-13-4-7-22(27)21-6-3-2-5-20(21)18-15-26-28(16-18)19-8-11-25-12-9-19/h2-3,5-6,10,14-16,19,22,25H,4,7-9,11-13H2,1H3/t22-/m1/s1. The maximum Gasteiger partial charge on any atom is 0.264 e. The molecule has 2 aliphatic heterocycles. The number of carbonyl (C=O) groups excluding carboxylic acids is 1. The molecule has 0 spiro atoms. The number of hydrogen-bond donors (Lipinski definition) is 1. The highest BCUT2D eigenvalue weighted by molar-refractivity contribution is 7.12. The Kier molecular flexibility index (Phi) is 5.44. The number of benzene rings is 1. The van der Waals surface area contributed by atoms with Crippen molar-refractivity contribution >= 4 is 17.2 Å². The minimum Gasteiger partial charge on any atom is -0.331 e. The summed E-state index contributed by atoms with van der Waals surface area (Å²) < 4.78 is 2.14. The van der Waals surface area contributed by atoms with E-state index in [1.165, 1.54) is 11.1 Å². The summed E-state index contributed by atoms with van der Waals surface area (Å²) in [5.41, 5.74) is 4.66. The zero-order valence-corrected chi connectivity index (χ0v) is 18.2. The molecule has 0 aliphatic carbocycles. The molecule has 1 atom stereocenters. The average Bonchev–Trinajstić information content (AvgIpc) is 3.54. The van der Waals surface area contributed by atoms with E-state index in [9.17, 15) is 4.79 Å². The number of rotatable bonds is 4. The third-order valence-corrected chi connectivity index (χ3v) is 7.49. The fraction of sp³-hybridized carbons (Fsp3) is 0.417. The Morgan fingerprint density at radius 2 is 2.00 bits per heavy atom. The molecule has 5 rings (SSSR count). The molecule has 3 aromatic rings. The van der Waals surface area contributed by atoms with Crippen LogP contribution in [-0.4, -0.2) is 40.2 Å². The van der Waals surface area contributed by atoms with Crippen molar-refractivity contribution in [1.29, 1.82) is 0 Å². The summed E-state index contributed by atoms with van der Waals surface area (Å²) in [4.78, 5) is 16.2. The van der Waals surface area contributed by atoms with Gasteiger partial charge in [0.05, 0.1) is 23.2 Å². The minimum atomic E-state index is 0.123. The second kappa shape index (κ2) is 8.36. The van der Waals surface area contributed by atoms with Gasteiger partial charge in [-0.15, -0.1) is 11.3 Å². The van der Waals surface area contributed by atoms with E-state index in [1.807, 2.05) is 24.6 Å². The van der Waals surface area contributed by atoms with Crippen LogP contribution < -0.4 is 5.32 Å². The van der Waals surface area contributed by atoms with Crippen LogP contribution in [0.5, 0.6) is 0 Å². The lowest BCUT2D eigenvalue weighted by molar-refractivity contribution is 0.0740. The fourth-order valence-corrected chi connectivity index (χ4v) is 5.73. The number of nitrogens with zero attached hydrogens (tertiary/aromatic N) is 3. The van der Waals surface area contributed by atoms with Crippen molar-refractivity contribution in [1.82, 2.24) is 20.0 Å². The predicted molar refractivity (Wildman–Crippen MR) is 121 cm³/mol. The van der Waals surface area contributed by atoms with Crippen LogP contribution >= 0.6 is 11.3 Å². The maximum atomic E-state index is 13.3. The average molecular weight is 421 g/mol. The monoisotopic (exact) mass is 420 g/mol. The van der Waals surface area contributed by atoms with Crippen molar-refractivity contribution in [3.8, 4) is 11.1 Å². The van der Waals surface area contributed by atoms with Gasteiger partial charge in [-0.1, -0.05) is 24.3 Å². The van der Waals surface area contributed by atoms with Gasteiger partial charge in [-0.2, -0.15) is 5.10 Å². The second-order valence-electron chi connectivity index (χ2n) is 8.37. The van der Waals surface area contributed by atoms with Crippen LogP contribution in [0.4, 0.5) is 0 Å². The summed E-state index contributed by atoms with van der Waals surface area (Å²) in [6.07, 6.45) is 8.48. The molecular formula is C24H28N4OS. The van der Waals surface area contributed by atoms with E-state index in [0.29, 0.717) is 6.04 Å². The number of thiophene rings is 1. The summed E-state index contributed by atoms with van der Waals surface area (Å²) in [6, 6.07) is 11.2. The normalized spacial score (nSPS) is 20.0. The van der Waals surface area contributed by atoms with Crippen molar-refractivity contribution in [2.24, 2.45) is 0 Å². The molecule has 2 aromatic heterocycles. The first kappa shape index (κ1) is 19.5. The number of carbonyl (C=O) groups is 1. The molecule has 1 N–H and O–H groups in total. The molecule has 5 nitrogen and oxygen atoms in total. The molecule has 2 fully saturated rings. The number of nitrogens with one attached hydrogen (secondary N) is 1. The van der Waals surface area contributed by atoms with Crippen LogP contribution in [0.15, 0.2) is 48.1 Å². The van der Waals surface area contributed by atoms with Crippen LogP contribution in [0.1, 0.15) is 58.6 Å². The number of aryl methyl sites for hydroxylation is 1. The SMILES string of the molecule is Cc1ccsc1C(=O)N1CCC[C@@H]1c1ccccc1-c1cnn(C2CCNCC2)c1. The first-order valence-corrected chi connectivity index (χ1v) is 11.8. The predicted octanol–water partition coefficient (Wildman–Crippen LogP) is 4.82. The summed E-state index contributed by atoms with van der Waals surface area (Å²) in [6.45, 7) is 4.96. The smallest absolute Gasteiger partial charge is 0.264 e. The van der Waals surface area contributed by atoms with Crippen LogP contribution in [-0.2, 0) is 0 Å². The molecule has 0 bridgehead atoms. The van der Waals surface area contributed by atoms with Crippen molar-refractivity contribution in [2.75, 3.05) is 19.6 Å². The molecule has 0 unspecified atom stereocenters. The lowest BCUT2D eigenvalue weighted by Gasteiger charge is -2.26. The Balaban J connectivity index is 1.45. The van der Waals surface area contributed by atoms with E-state index >= 15 is 0 Å². The van der Waals surface area contributed by atoms with Crippen molar-refractivity contribution in [3.05, 3.63) is 64.1 Å². The fourth-order valence-electron chi connectivity index (χ4n) is 4.85. The van der Waals surface area contributed by atoms with Crippen LogP contribution in [0, 0.1) is 6.92 Å². The van der Waals surface area contributed by atoms with Gasteiger partial charge in [0.25, 0.3) is 5.91 Å². The van der Waals surface area contributed by atoms with Crippen LogP contribution in [0.2, 0.25) is 0 Å². The van der Waals surface area contributed by atoms with Crippen LogP contribution in [0.25, 0.3) is 11.1 Å². The maximum absolute atomic E-state index is 13.3. The lowest BCUT2D eigenvalue weighted by Crippen LogP contribution is -2.30. The van der Waals surface area contributed by atoms with Crippen molar-refractivity contribution in [3.63, 3.8) is 0 Å². The van der Waals surface area contributed by atoms with Gasteiger partial charge < -0.3 is 10.2 Å². The molecule has 2 aliphatic rings. The molecule has 4 heterocycles. The van der Waals surface area contributed by atoms with Gasteiger partial charge in [0, 0.05) is 18.3 Å². The highest BCUT2D eigenvalue weighted by atomic mass is 32.1. The number of piperidine rings is 1. The Hall–Kier alpha value is -2.44. The van der Waals surface area contributed by atoms with E-state index in [2.05, 4.69) is 45.4 Å². The van der Waals surface area contributed by atoms with Gasteiger partial charge in [0.2, 0.25) is 0 Å². The van der Waals surface area contributed by atoms with Gasteiger partial charge in [-0.25, -0.2) is 0 Å². The minimum absolute atomic E-state index is 0.123. The molecule has 0 radical (unpaired) electrons. The summed E-state index contributed by atoms with van der Waals surface area (Å²) in [5.74, 6) is 0.171. The Labute approximate surface area is 181 Å². The van der Waals surface area contributed by atoms with Crippen LogP contribution in [0.3, 0.4) is 0 Å². The molecule has 156 valence electrons. The topological polar surface area (TPSA) is 50.2 Å². The van der Waals surface area contributed by atoms with Gasteiger partial charge in [0.1, 0.15) is 0 Å².